The third-order valence-electron chi connectivity index (χ3n) is 5.51. The molecular formula is C23H21N7O. The van der Waals surface area contributed by atoms with Crippen molar-refractivity contribution in [3.05, 3.63) is 60.9 Å². The zero-order valence-electron chi connectivity index (χ0n) is 16.8. The van der Waals surface area contributed by atoms with Gasteiger partial charge in [0.15, 0.2) is 11.8 Å². The Morgan fingerprint density at radius 2 is 1.81 bits per heavy atom. The van der Waals surface area contributed by atoms with Crippen LogP contribution in [0, 0.1) is 11.5 Å². The molecule has 2 aromatic carbocycles. The van der Waals surface area contributed by atoms with Crippen molar-refractivity contribution >= 4 is 16.9 Å². The van der Waals surface area contributed by atoms with Crippen molar-refractivity contribution in [3.63, 3.8) is 0 Å². The second-order valence-corrected chi connectivity index (χ2v) is 7.53. The van der Waals surface area contributed by atoms with Crippen LogP contribution in [0.2, 0.25) is 0 Å². The molecule has 1 fully saturated rings. The Hall–Kier alpha value is -4.12. The van der Waals surface area contributed by atoms with E-state index < -0.39 is 0 Å². The predicted molar refractivity (Wildman–Crippen MR) is 117 cm³/mol. The number of para-hydroxylation sites is 1. The van der Waals surface area contributed by atoms with Crippen molar-refractivity contribution in [2.24, 2.45) is 0 Å². The van der Waals surface area contributed by atoms with Crippen molar-refractivity contribution in [3.8, 4) is 28.9 Å². The van der Waals surface area contributed by atoms with Crippen LogP contribution in [-0.2, 0) is 0 Å². The van der Waals surface area contributed by atoms with E-state index in [0.29, 0.717) is 18.0 Å². The number of fused-ring (bicyclic) bond motifs is 1. The average Bonchev–Trinajstić information content (AvgIpc) is 3.21. The van der Waals surface area contributed by atoms with Crippen molar-refractivity contribution in [1.82, 2.24) is 24.6 Å². The first kappa shape index (κ1) is 18.9. The molecule has 0 aliphatic carbocycles. The van der Waals surface area contributed by atoms with Gasteiger partial charge in [-0.1, -0.05) is 18.2 Å². The van der Waals surface area contributed by atoms with Crippen LogP contribution in [0.5, 0.6) is 11.5 Å². The highest BCUT2D eigenvalue weighted by molar-refractivity contribution is 5.98. The number of benzene rings is 2. The van der Waals surface area contributed by atoms with E-state index in [9.17, 15) is 5.26 Å². The average molecular weight is 411 g/mol. The number of likely N-dealkylation sites (tertiary alicyclic amines) is 1. The number of hydrogen-bond acceptors (Lipinski definition) is 7. The van der Waals surface area contributed by atoms with Gasteiger partial charge in [0.1, 0.15) is 29.3 Å². The third kappa shape index (κ3) is 3.62. The van der Waals surface area contributed by atoms with Gasteiger partial charge in [-0.3, -0.25) is 0 Å². The number of nitrogen functional groups attached to an aromatic ring is 1. The van der Waals surface area contributed by atoms with Crippen molar-refractivity contribution in [2.75, 3.05) is 18.8 Å². The maximum atomic E-state index is 9.32. The van der Waals surface area contributed by atoms with Gasteiger partial charge < -0.3 is 15.4 Å². The molecule has 31 heavy (non-hydrogen) atoms. The maximum Gasteiger partial charge on any atom is 0.179 e. The maximum absolute atomic E-state index is 9.32. The zero-order chi connectivity index (χ0) is 21.2. The Bertz CT molecular complexity index is 1240. The summed E-state index contributed by atoms with van der Waals surface area (Å²) >= 11 is 0. The van der Waals surface area contributed by atoms with Crippen LogP contribution >= 0.6 is 0 Å². The summed E-state index contributed by atoms with van der Waals surface area (Å²) in [5.74, 6) is 1.91. The Morgan fingerprint density at radius 1 is 1.03 bits per heavy atom. The van der Waals surface area contributed by atoms with E-state index in [1.54, 1.807) is 4.90 Å². The largest absolute Gasteiger partial charge is 0.457 e. The Morgan fingerprint density at radius 3 is 2.58 bits per heavy atom. The summed E-state index contributed by atoms with van der Waals surface area (Å²) in [6.45, 7) is 1.39. The highest BCUT2D eigenvalue weighted by Crippen LogP contribution is 2.34. The van der Waals surface area contributed by atoms with Crippen LogP contribution < -0.4 is 10.5 Å². The predicted octanol–water partition coefficient (Wildman–Crippen LogP) is 3.99. The molecule has 2 N–H and O–H groups in total. The van der Waals surface area contributed by atoms with E-state index in [0.717, 1.165) is 47.5 Å². The number of nitrogens with two attached hydrogens (primary N) is 1. The van der Waals surface area contributed by atoms with Crippen LogP contribution in [0.25, 0.3) is 22.3 Å². The number of nitrogens with zero attached hydrogens (tertiary/aromatic N) is 6. The molecule has 2 aromatic heterocycles. The summed E-state index contributed by atoms with van der Waals surface area (Å²) in [5.41, 5.74) is 8.55. The summed E-state index contributed by atoms with van der Waals surface area (Å²) in [7, 11) is 0. The van der Waals surface area contributed by atoms with Gasteiger partial charge in [-0.25, -0.2) is 14.6 Å². The minimum atomic E-state index is 0.0552. The van der Waals surface area contributed by atoms with E-state index in [4.69, 9.17) is 15.6 Å². The normalized spacial score (nSPS) is 16.2. The number of nitriles is 1. The first-order valence-electron chi connectivity index (χ1n) is 10.2. The first-order chi connectivity index (χ1) is 15.2. The minimum Gasteiger partial charge on any atom is -0.457 e. The van der Waals surface area contributed by atoms with Crippen LogP contribution in [0.15, 0.2) is 60.9 Å². The monoisotopic (exact) mass is 411 g/mol. The van der Waals surface area contributed by atoms with E-state index in [1.807, 2.05) is 59.3 Å². The van der Waals surface area contributed by atoms with Gasteiger partial charge in [-0.15, -0.1) is 0 Å². The number of piperidine rings is 1. The quantitative estimate of drug-likeness (QED) is 0.506. The van der Waals surface area contributed by atoms with Crippen LogP contribution in [0.1, 0.15) is 18.9 Å². The lowest BCUT2D eigenvalue weighted by atomic mass is 10.1. The van der Waals surface area contributed by atoms with Crippen LogP contribution in [-0.4, -0.2) is 37.7 Å². The van der Waals surface area contributed by atoms with E-state index >= 15 is 0 Å². The fraction of sp³-hybridized carbons (Fsp3) is 0.217. The second kappa shape index (κ2) is 7.95. The summed E-state index contributed by atoms with van der Waals surface area (Å²) in [6.07, 6.45) is 5.57. The molecule has 0 amide bonds. The Balaban J connectivity index is 1.52. The lowest BCUT2D eigenvalue weighted by molar-refractivity contribution is 0.236. The van der Waals surface area contributed by atoms with Crippen LogP contribution in [0.4, 0.5) is 5.82 Å². The Kier molecular flexibility index (Phi) is 4.84. The summed E-state index contributed by atoms with van der Waals surface area (Å²) in [6, 6.07) is 17.4. The fourth-order valence-electron chi connectivity index (χ4n) is 4.00. The standard InChI is InChI=1S/C23H21N7O/c24-14-29-12-4-5-17(13-29)30-23-20(22(25)26-15-27-23)21(28-30)16-8-10-19(11-9-16)31-18-6-2-1-3-7-18/h1-3,6-11,15,17H,4-5,12-13H2,(H2,25,26,27). The van der Waals surface area contributed by atoms with Gasteiger partial charge >= 0.3 is 0 Å². The summed E-state index contributed by atoms with van der Waals surface area (Å²) < 4.78 is 7.80. The summed E-state index contributed by atoms with van der Waals surface area (Å²) in [5, 5.41) is 14.9. The lowest BCUT2D eigenvalue weighted by Crippen LogP contribution is -2.33. The first-order valence-corrected chi connectivity index (χ1v) is 10.2. The van der Waals surface area contributed by atoms with Crippen molar-refractivity contribution < 1.29 is 4.74 Å². The molecular weight excluding hydrogens is 390 g/mol. The fourth-order valence-corrected chi connectivity index (χ4v) is 4.00. The van der Waals surface area contributed by atoms with E-state index in [-0.39, 0.29) is 6.04 Å². The number of rotatable bonds is 4. The molecule has 1 atom stereocenters. The number of ether oxygens (including phenoxy) is 1. The smallest absolute Gasteiger partial charge is 0.179 e. The summed E-state index contributed by atoms with van der Waals surface area (Å²) in [4.78, 5) is 10.4. The second-order valence-electron chi connectivity index (χ2n) is 7.53. The van der Waals surface area contributed by atoms with E-state index in [1.165, 1.54) is 6.33 Å². The van der Waals surface area contributed by atoms with Gasteiger partial charge in [0.25, 0.3) is 0 Å². The molecule has 0 spiro atoms. The molecule has 1 unspecified atom stereocenters. The molecule has 3 heterocycles. The molecule has 1 saturated heterocycles. The van der Waals surface area contributed by atoms with Crippen LogP contribution in [0.3, 0.4) is 0 Å². The molecule has 8 nitrogen and oxygen atoms in total. The molecule has 8 heteroatoms. The van der Waals surface area contributed by atoms with Crippen molar-refractivity contribution in [1.29, 1.82) is 5.26 Å². The Labute approximate surface area is 179 Å². The van der Waals surface area contributed by atoms with Gasteiger partial charge in [0.05, 0.1) is 18.0 Å². The molecule has 0 saturated carbocycles. The SMILES string of the molecule is N#CN1CCCC(n2nc(-c3ccc(Oc4ccccc4)cc3)c3c(N)ncnc32)C1. The number of anilines is 1. The van der Waals surface area contributed by atoms with Crippen molar-refractivity contribution in [2.45, 2.75) is 18.9 Å². The van der Waals surface area contributed by atoms with Gasteiger partial charge in [0, 0.05) is 12.1 Å². The lowest BCUT2D eigenvalue weighted by Gasteiger charge is -2.28. The minimum absolute atomic E-state index is 0.0552. The molecule has 0 bridgehead atoms. The molecule has 1 aliphatic heterocycles. The highest BCUT2D eigenvalue weighted by atomic mass is 16.5. The molecule has 0 radical (unpaired) electrons. The number of hydrogen-bond donors (Lipinski definition) is 1. The molecule has 5 rings (SSSR count). The zero-order valence-corrected chi connectivity index (χ0v) is 16.8. The van der Waals surface area contributed by atoms with E-state index in [2.05, 4.69) is 16.2 Å². The topological polar surface area (TPSA) is 106 Å². The molecule has 1 aliphatic rings. The molecule has 154 valence electrons. The molecule has 4 aromatic rings. The highest BCUT2D eigenvalue weighted by Gasteiger charge is 2.26. The van der Waals surface area contributed by atoms with Gasteiger partial charge in [-0.2, -0.15) is 10.4 Å². The third-order valence-corrected chi connectivity index (χ3v) is 5.51. The van der Waals surface area contributed by atoms with Gasteiger partial charge in [-0.05, 0) is 49.2 Å². The van der Waals surface area contributed by atoms with Gasteiger partial charge in [0.2, 0.25) is 0 Å². The number of aromatic nitrogens is 4.